The molecule has 1 unspecified atom stereocenters. The van der Waals surface area contributed by atoms with Gasteiger partial charge in [-0.25, -0.2) is 4.79 Å². The Hall–Kier alpha value is -2.03. The van der Waals surface area contributed by atoms with E-state index in [2.05, 4.69) is 10.1 Å². The number of carbonyl (C=O) groups is 2. The van der Waals surface area contributed by atoms with Gasteiger partial charge in [0.15, 0.2) is 5.57 Å². The molecule has 0 aromatic rings. The molecule has 1 amide bonds. The van der Waals surface area contributed by atoms with Gasteiger partial charge in [-0.2, -0.15) is 5.26 Å². The number of nitriles is 1. The molecule has 0 aliphatic carbocycles. The van der Waals surface area contributed by atoms with Gasteiger partial charge in [-0.1, -0.05) is 0 Å². The lowest BCUT2D eigenvalue weighted by Crippen LogP contribution is -2.33. The summed E-state index contributed by atoms with van der Waals surface area (Å²) in [6, 6.07) is 0.736. The van der Waals surface area contributed by atoms with E-state index in [0.29, 0.717) is 0 Å². The Morgan fingerprint density at radius 2 is 2.12 bits per heavy atom. The van der Waals surface area contributed by atoms with E-state index in [1.807, 2.05) is 0 Å². The van der Waals surface area contributed by atoms with Crippen molar-refractivity contribution in [2.75, 3.05) is 6.61 Å². The van der Waals surface area contributed by atoms with Crippen molar-refractivity contribution in [2.24, 2.45) is 0 Å². The Labute approximate surface area is 93.5 Å². The normalized spacial score (nSPS) is 13.1. The van der Waals surface area contributed by atoms with Crippen LogP contribution in [0.2, 0.25) is 0 Å². The first-order valence-electron chi connectivity index (χ1n) is 4.71. The standard InChI is InChI=1S/C10H14N2O4/c1-4-16-10(15)8(5-11)9(14)6(2)12-7(3)13/h6,14H,4H2,1-3H3,(H,12,13)/b9-8-. The highest BCUT2D eigenvalue weighted by Gasteiger charge is 2.20. The third-order valence-corrected chi connectivity index (χ3v) is 1.68. The molecule has 16 heavy (non-hydrogen) atoms. The van der Waals surface area contributed by atoms with Crippen LogP contribution in [0.25, 0.3) is 0 Å². The van der Waals surface area contributed by atoms with Crippen LogP contribution in [0.3, 0.4) is 0 Å². The third kappa shape index (κ3) is 4.00. The second-order valence-electron chi connectivity index (χ2n) is 3.01. The van der Waals surface area contributed by atoms with Gasteiger partial charge in [0.1, 0.15) is 11.8 Å². The molecular formula is C10H14N2O4. The molecule has 1 atom stereocenters. The van der Waals surface area contributed by atoms with E-state index in [1.165, 1.54) is 13.8 Å². The largest absolute Gasteiger partial charge is 0.508 e. The number of aliphatic hydroxyl groups is 1. The number of rotatable bonds is 4. The van der Waals surface area contributed by atoms with Gasteiger partial charge in [0, 0.05) is 6.92 Å². The summed E-state index contributed by atoms with van der Waals surface area (Å²) in [4.78, 5) is 22.0. The van der Waals surface area contributed by atoms with Crippen LogP contribution >= 0.6 is 0 Å². The predicted molar refractivity (Wildman–Crippen MR) is 55.2 cm³/mol. The van der Waals surface area contributed by atoms with E-state index in [4.69, 9.17) is 5.26 Å². The van der Waals surface area contributed by atoms with Gasteiger partial charge in [0.05, 0.1) is 12.6 Å². The fourth-order valence-corrected chi connectivity index (χ4v) is 1.00. The average molecular weight is 226 g/mol. The molecule has 6 heteroatoms. The van der Waals surface area contributed by atoms with Crippen molar-refractivity contribution in [1.29, 1.82) is 5.26 Å². The van der Waals surface area contributed by atoms with E-state index in [9.17, 15) is 14.7 Å². The smallest absolute Gasteiger partial charge is 0.352 e. The molecule has 0 radical (unpaired) electrons. The quantitative estimate of drug-likeness (QED) is 0.313. The van der Waals surface area contributed by atoms with Gasteiger partial charge in [-0.15, -0.1) is 0 Å². The molecular weight excluding hydrogens is 212 g/mol. The molecule has 0 saturated carbocycles. The summed E-state index contributed by atoms with van der Waals surface area (Å²) < 4.78 is 4.58. The van der Waals surface area contributed by atoms with Crippen LogP contribution in [0.15, 0.2) is 11.3 Å². The third-order valence-electron chi connectivity index (χ3n) is 1.68. The van der Waals surface area contributed by atoms with Crippen molar-refractivity contribution in [3.8, 4) is 6.07 Å². The van der Waals surface area contributed by atoms with E-state index < -0.39 is 23.3 Å². The maximum atomic E-state index is 11.2. The summed E-state index contributed by atoms with van der Waals surface area (Å²) in [6.07, 6.45) is 0. The minimum Gasteiger partial charge on any atom is -0.508 e. The van der Waals surface area contributed by atoms with E-state index >= 15 is 0 Å². The number of carbonyl (C=O) groups excluding carboxylic acids is 2. The van der Waals surface area contributed by atoms with E-state index in [-0.39, 0.29) is 12.5 Å². The van der Waals surface area contributed by atoms with Gasteiger partial charge in [0.25, 0.3) is 0 Å². The van der Waals surface area contributed by atoms with Crippen molar-refractivity contribution in [3.05, 3.63) is 11.3 Å². The summed E-state index contributed by atoms with van der Waals surface area (Å²) in [7, 11) is 0. The zero-order chi connectivity index (χ0) is 12.7. The summed E-state index contributed by atoms with van der Waals surface area (Å²) in [5.41, 5.74) is -0.497. The molecule has 0 bridgehead atoms. The van der Waals surface area contributed by atoms with E-state index in [0.717, 1.165) is 0 Å². The maximum absolute atomic E-state index is 11.2. The second-order valence-corrected chi connectivity index (χ2v) is 3.01. The molecule has 2 N–H and O–H groups in total. The summed E-state index contributed by atoms with van der Waals surface area (Å²) in [6.45, 7) is 4.40. The van der Waals surface area contributed by atoms with Gasteiger partial charge < -0.3 is 15.2 Å². The Bertz CT molecular complexity index is 354. The number of amides is 1. The predicted octanol–water partition coefficient (Wildman–Crippen LogP) is 0.410. The van der Waals surface area contributed by atoms with Crippen LogP contribution in [0, 0.1) is 11.3 Å². The minimum absolute atomic E-state index is 0.103. The molecule has 0 fully saturated rings. The number of esters is 1. The Balaban J connectivity index is 4.94. The molecule has 0 spiro atoms. The molecule has 6 nitrogen and oxygen atoms in total. The topological polar surface area (TPSA) is 99.4 Å². The van der Waals surface area contributed by atoms with Crippen LogP contribution in [0.5, 0.6) is 0 Å². The zero-order valence-corrected chi connectivity index (χ0v) is 9.40. The molecule has 0 aliphatic rings. The zero-order valence-electron chi connectivity index (χ0n) is 9.40. The van der Waals surface area contributed by atoms with Crippen LogP contribution in [0.4, 0.5) is 0 Å². The van der Waals surface area contributed by atoms with E-state index in [1.54, 1.807) is 13.0 Å². The highest BCUT2D eigenvalue weighted by molar-refractivity contribution is 5.93. The van der Waals surface area contributed by atoms with Crippen LogP contribution in [0.1, 0.15) is 20.8 Å². The fourth-order valence-electron chi connectivity index (χ4n) is 1.00. The van der Waals surface area contributed by atoms with Crippen molar-refractivity contribution in [1.82, 2.24) is 5.32 Å². The first kappa shape index (κ1) is 14.0. The first-order chi connectivity index (χ1) is 7.43. The van der Waals surface area contributed by atoms with Crippen molar-refractivity contribution in [2.45, 2.75) is 26.8 Å². The lowest BCUT2D eigenvalue weighted by atomic mass is 10.1. The molecule has 88 valence electrons. The van der Waals surface area contributed by atoms with Crippen molar-refractivity contribution >= 4 is 11.9 Å². The molecule has 0 aliphatic heterocycles. The number of hydrogen-bond donors (Lipinski definition) is 2. The van der Waals surface area contributed by atoms with Gasteiger partial charge in [0.2, 0.25) is 5.91 Å². The molecule has 0 heterocycles. The second kappa shape index (κ2) is 6.45. The average Bonchev–Trinajstić information content (AvgIpc) is 2.17. The SMILES string of the molecule is CCOC(=O)/C(C#N)=C(\O)C(C)NC(C)=O. The number of nitrogens with one attached hydrogen (secondary N) is 1. The highest BCUT2D eigenvalue weighted by atomic mass is 16.5. The maximum Gasteiger partial charge on any atom is 0.352 e. The number of hydrogen-bond acceptors (Lipinski definition) is 5. The number of nitrogens with zero attached hydrogens (tertiary/aromatic N) is 1. The van der Waals surface area contributed by atoms with Crippen LogP contribution in [-0.4, -0.2) is 29.6 Å². The molecule has 0 rings (SSSR count). The lowest BCUT2D eigenvalue weighted by Gasteiger charge is -2.12. The number of ether oxygens (including phenoxy) is 1. The number of aliphatic hydroxyl groups excluding tert-OH is 1. The monoisotopic (exact) mass is 226 g/mol. The summed E-state index contributed by atoms with van der Waals surface area (Å²) in [5.74, 6) is -1.78. The summed E-state index contributed by atoms with van der Waals surface area (Å²) in [5, 5.41) is 20.6. The van der Waals surface area contributed by atoms with Gasteiger partial charge >= 0.3 is 5.97 Å². The van der Waals surface area contributed by atoms with Crippen LogP contribution < -0.4 is 5.32 Å². The fraction of sp³-hybridized carbons (Fsp3) is 0.500. The Morgan fingerprint density at radius 3 is 2.50 bits per heavy atom. The van der Waals surface area contributed by atoms with Crippen molar-refractivity contribution in [3.63, 3.8) is 0 Å². The minimum atomic E-state index is -0.903. The molecule has 0 aromatic heterocycles. The Morgan fingerprint density at radius 1 is 1.56 bits per heavy atom. The summed E-state index contributed by atoms with van der Waals surface area (Å²) >= 11 is 0. The molecule has 0 aromatic carbocycles. The van der Waals surface area contributed by atoms with Crippen LogP contribution in [-0.2, 0) is 14.3 Å². The lowest BCUT2D eigenvalue weighted by molar-refractivity contribution is -0.138. The first-order valence-corrected chi connectivity index (χ1v) is 4.71. The van der Waals surface area contributed by atoms with Gasteiger partial charge in [-0.05, 0) is 13.8 Å². The van der Waals surface area contributed by atoms with Crippen molar-refractivity contribution < 1.29 is 19.4 Å². The Kier molecular flexibility index (Phi) is 5.63. The van der Waals surface area contributed by atoms with Gasteiger partial charge in [-0.3, -0.25) is 4.79 Å². The molecule has 0 saturated heterocycles. The highest BCUT2D eigenvalue weighted by Crippen LogP contribution is 2.07.